The van der Waals surface area contributed by atoms with Crippen LogP contribution in [0.2, 0.25) is 10.0 Å². The van der Waals surface area contributed by atoms with Crippen LogP contribution in [0, 0.1) is 0 Å². The maximum absolute atomic E-state index is 11.6. The first kappa shape index (κ1) is 19.1. The standard InChI is InChI=1S/C19H25Cl2NO3/c20-16-4-3-5-17(21)15(16)9-11-24-13-25-19-7-2-1-6-18(19)22-10-8-14(23)12-22/h3-5,18-19H,1-2,6-13H2. The summed E-state index contributed by atoms with van der Waals surface area (Å²) >= 11 is 12.3. The van der Waals surface area contributed by atoms with Gasteiger partial charge in [0.1, 0.15) is 12.6 Å². The Morgan fingerprint density at radius 3 is 2.64 bits per heavy atom. The highest BCUT2D eigenvalue weighted by atomic mass is 35.5. The molecule has 0 spiro atoms. The maximum atomic E-state index is 11.6. The van der Waals surface area contributed by atoms with E-state index in [1.54, 1.807) is 0 Å². The minimum atomic E-state index is 0.156. The third-order valence-corrected chi connectivity index (χ3v) is 5.83. The van der Waals surface area contributed by atoms with Gasteiger partial charge in [-0.2, -0.15) is 0 Å². The molecule has 1 aromatic carbocycles. The third-order valence-electron chi connectivity index (χ3n) is 5.12. The van der Waals surface area contributed by atoms with Crippen molar-refractivity contribution in [3.8, 4) is 0 Å². The lowest BCUT2D eigenvalue weighted by Crippen LogP contribution is -2.46. The Balaban J connectivity index is 1.42. The van der Waals surface area contributed by atoms with Gasteiger partial charge in [-0.25, -0.2) is 0 Å². The molecule has 0 bridgehead atoms. The number of ether oxygens (including phenoxy) is 2. The van der Waals surface area contributed by atoms with E-state index in [-0.39, 0.29) is 12.9 Å². The summed E-state index contributed by atoms with van der Waals surface area (Å²) in [5.74, 6) is 0.345. The van der Waals surface area contributed by atoms with E-state index >= 15 is 0 Å². The minimum Gasteiger partial charge on any atom is -0.355 e. The molecule has 25 heavy (non-hydrogen) atoms. The summed E-state index contributed by atoms with van der Waals surface area (Å²) in [5.41, 5.74) is 0.914. The topological polar surface area (TPSA) is 38.8 Å². The molecule has 1 aliphatic heterocycles. The zero-order valence-electron chi connectivity index (χ0n) is 14.4. The van der Waals surface area contributed by atoms with E-state index in [0.717, 1.165) is 24.9 Å². The first-order valence-electron chi connectivity index (χ1n) is 9.03. The molecular weight excluding hydrogens is 361 g/mol. The average molecular weight is 386 g/mol. The zero-order valence-corrected chi connectivity index (χ0v) is 15.9. The number of benzene rings is 1. The number of carbonyl (C=O) groups excluding carboxylic acids is 1. The second-order valence-electron chi connectivity index (χ2n) is 6.79. The van der Waals surface area contributed by atoms with Crippen molar-refractivity contribution < 1.29 is 14.3 Å². The number of Topliss-reactive ketones (excluding diaryl/α,β-unsaturated/α-hetero) is 1. The first-order chi connectivity index (χ1) is 12.1. The minimum absolute atomic E-state index is 0.156. The second kappa shape index (κ2) is 9.33. The highest BCUT2D eigenvalue weighted by Crippen LogP contribution is 2.28. The smallest absolute Gasteiger partial charge is 0.148 e. The normalized spacial score (nSPS) is 24.8. The van der Waals surface area contributed by atoms with Gasteiger partial charge in [0.2, 0.25) is 0 Å². The summed E-state index contributed by atoms with van der Waals surface area (Å²) in [6, 6.07) is 5.86. The SMILES string of the molecule is O=C1CCN(C2CCCCC2OCOCCc2c(Cl)cccc2Cl)C1. The quantitative estimate of drug-likeness (QED) is 0.522. The van der Waals surface area contributed by atoms with E-state index < -0.39 is 0 Å². The van der Waals surface area contributed by atoms with Gasteiger partial charge in [0.25, 0.3) is 0 Å². The van der Waals surface area contributed by atoms with Crippen LogP contribution in [0.5, 0.6) is 0 Å². The molecule has 0 amide bonds. The van der Waals surface area contributed by atoms with Crippen LogP contribution in [0.3, 0.4) is 0 Å². The summed E-state index contributed by atoms with van der Waals surface area (Å²) in [6.07, 6.45) is 6.03. The summed E-state index contributed by atoms with van der Waals surface area (Å²) in [7, 11) is 0. The molecule has 4 nitrogen and oxygen atoms in total. The Morgan fingerprint density at radius 1 is 1.16 bits per heavy atom. The monoisotopic (exact) mass is 385 g/mol. The van der Waals surface area contributed by atoms with Gasteiger partial charge in [-0.05, 0) is 37.0 Å². The van der Waals surface area contributed by atoms with Gasteiger partial charge in [-0.15, -0.1) is 0 Å². The molecule has 2 atom stereocenters. The van der Waals surface area contributed by atoms with Gasteiger partial charge in [-0.3, -0.25) is 9.69 Å². The Kier molecular flexibility index (Phi) is 7.14. The predicted octanol–water partition coefficient (Wildman–Crippen LogP) is 4.11. The van der Waals surface area contributed by atoms with Gasteiger partial charge in [0.05, 0.1) is 19.3 Å². The van der Waals surface area contributed by atoms with Crippen LogP contribution in [0.4, 0.5) is 0 Å². The van der Waals surface area contributed by atoms with E-state index in [4.69, 9.17) is 32.7 Å². The molecule has 2 unspecified atom stereocenters. The van der Waals surface area contributed by atoms with Gasteiger partial charge >= 0.3 is 0 Å². The van der Waals surface area contributed by atoms with Gasteiger partial charge in [0, 0.05) is 29.1 Å². The van der Waals surface area contributed by atoms with Crippen molar-refractivity contribution in [2.75, 3.05) is 26.5 Å². The van der Waals surface area contributed by atoms with Crippen LogP contribution in [0.15, 0.2) is 18.2 Å². The van der Waals surface area contributed by atoms with E-state index in [1.165, 1.54) is 12.8 Å². The second-order valence-corrected chi connectivity index (χ2v) is 7.61. The molecular formula is C19H25Cl2NO3. The lowest BCUT2D eigenvalue weighted by atomic mass is 9.91. The van der Waals surface area contributed by atoms with Crippen molar-refractivity contribution in [2.45, 2.75) is 50.7 Å². The number of likely N-dealkylation sites (tertiary alicyclic amines) is 1. The van der Waals surface area contributed by atoms with Crippen LogP contribution in [-0.4, -0.2) is 49.3 Å². The fraction of sp³-hybridized carbons (Fsp3) is 0.632. The van der Waals surface area contributed by atoms with E-state index in [0.29, 0.717) is 47.9 Å². The van der Waals surface area contributed by atoms with Gasteiger partial charge < -0.3 is 9.47 Å². The number of rotatable bonds is 7. The van der Waals surface area contributed by atoms with E-state index in [2.05, 4.69) is 4.90 Å². The molecule has 1 aliphatic carbocycles. The molecule has 3 rings (SSSR count). The third kappa shape index (κ3) is 5.18. The molecule has 2 fully saturated rings. The van der Waals surface area contributed by atoms with Crippen LogP contribution < -0.4 is 0 Å². The lowest BCUT2D eigenvalue weighted by molar-refractivity contribution is -0.124. The van der Waals surface area contributed by atoms with Crippen molar-refractivity contribution in [1.29, 1.82) is 0 Å². The van der Waals surface area contributed by atoms with Crippen molar-refractivity contribution in [2.24, 2.45) is 0 Å². The summed E-state index contributed by atoms with van der Waals surface area (Å²) in [5, 5.41) is 1.34. The molecule has 138 valence electrons. The van der Waals surface area contributed by atoms with Crippen molar-refractivity contribution in [1.82, 2.24) is 4.90 Å². The fourth-order valence-corrected chi connectivity index (χ4v) is 4.35. The summed E-state index contributed by atoms with van der Waals surface area (Å²) < 4.78 is 11.7. The Morgan fingerprint density at radius 2 is 1.92 bits per heavy atom. The summed E-state index contributed by atoms with van der Waals surface area (Å²) in [6.45, 7) is 2.24. The van der Waals surface area contributed by atoms with Crippen molar-refractivity contribution >= 4 is 29.0 Å². The van der Waals surface area contributed by atoms with Crippen LogP contribution in [0.25, 0.3) is 0 Å². The van der Waals surface area contributed by atoms with Crippen LogP contribution >= 0.6 is 23.2 Å². The molecule has 1 saturated carbocycles. The Labute approximate surface area is 159 Å². The number of hydrogen-bond donors (Lipinski definition) is 0. The first-order valence-corrected chi connectivity index (χ1v) is 9.78. The largest absolute Gasteiger partial charge is 0.355 e. The van der Waals surface area contributed by atoms with Crippen molar-refractivity contribution in [3.05, 3.63) is 33.8 Å². The predicted molar refractivity (Wildman–Crippen MR) is 99.3 cm³/mol. The zero-order chi connectivity index (χ0) is 17.6. The van der Waals surface area contributed by atoms with E-state index in [9.17, 15) is 4.79 Å². The average Bonchev–Trinajstić information content (AvgIpc) is 3.03. The number of hydrogen-bond acceptors (Lipinski definition) is 4. The molecule has 0 N–H and O–H groups in total. The highest BCUT2D eigenvalue weighted by molar-refractivity contribution is 6.35. The molecule has 1 heterocycles. The summed E-state index contributed by atoms with van der Waals surface area (Å²) in [4.78, 5) is 13.9. The molecule has 2 aliphatic rings. The van der Waals surface area contributed by atoms with Crippen molar-refractivity contribution in [3.63, 3.8) is 0 Å². The number of carbonyl (C=O) groups is 1. The lowest BCUT2D eigenvalue weighted by Gasteiger charge is -2.37. The van der Waals surface area contributed by atoms with Gasteiger partial charge in [0.15, 0.2) is 0 Å². The highest BCUT2D eigenvalue weighted by Gasteiger charge is 2.34. The molecule has 1 saturated heterocycles. The van der Waals surface area contributed by atoms with Crippen LogP contribution in [0.1, 0.15) is 37.7 Å². The van der Waals surface area contributed by atoms with Crippen LogP contribution in [-0.2, 0) is 20.7 Å². The van der Waals surface area contributed by atoms with Gasteiger partial charge in [-0.1, -0.05) is 42.1 Å². The molecule has 1 aromatic rings. The number of nitrogens with zero attached hydrogens (tertiary/aromatic N) is 1. The number of halogens is 2. The Hall–Kier alpha value is -0.650. The van der Waals surface area contributed by atoms with E-state index in [1.807, 2.05) is 18.2 Å². The molecule has 0 aromatic heterocycles. The molecule has 0 radical (unpaired) electrons. The fourth-order valence-electron chi connectivity index (χ4n) is 3.77. The Bertz CT molecular complexity index is 576. The maximum Gasteiger partial charge on any atom is 0.148 e. The molecule has 6 heteroatoms. The number of ketones is 1.